The Morgan fingerprint density at radius 1 is 1.43 bits per heavy atom. The Hall–Kier alpha value is -0.843. The van der Waals surface area contributed by atoms with Gasteiger partial charge in [-0.1, -0.05) is 39.8 Å². The SMILES string of the molecule is Cc1c(CO[Si]C(C)(C)C(C)C)cccc1NC(=O)CCl. The average Bonchev–Trinajstić information content (AvgIpc) is 2.42. The monoisotopic (exact) mass is 325 g/mol. The predicted molar refractivity (Wildman–Crippen MR) is 90.0 cm³/mol. The van der Waals surface area contributed by atoms with Crippen LogP contribution in [0.15, 0.2) is 18.2 Å². The van der Waals surface area contributed by atoms with Crippen LogP contribution < -0.4 is 5.32 Å². The minimum atomic E-state index is -0.194. The van der Waals surface area contributed by atoms with E-state index in [2.05, 4.69) is 33.0 Å². The van der Waals surface area contributed by atoms with Gasteiger partial charge in [0.2, 0.25) is 15.7 Å². The highest BCUT2D eigenvalue weighted by molar-refractivity contribution is 6.32. The van der Waals surface area contributed by atoms with Gasteiger partial charge in [-0.2, -0.15) is 0 Å². The number of rotatable bonds is 7. The van der Waals surface area contributed by atoms with E-state index in [-0.39, 0.29) is 16.8 Å². The van der Waals surface area contributed by atoms with Gasteiger partial charge in [0, 0.05) is 5.69 Å². The quantitative estimate of drug-likeness (QED) is 0.603. The molecule has 1 rings (SSSR count). The molecule has 21 heavy (non-hydrogen) atoms. The highest BCUT2D eigenvalue weighted by atomic mass is 35.5. The van der Waals surface area contributed by atoms with Crippen LogP contribution in [0.2, 0.25) is 5.04 Å². The van der Waals surface area contributed by atoms with Crippen molar-refractivity contribution in [3.05, 3.63) is 29.3 Å². The molecule has 2 radical (unpaired) electrons. The Bertz CT molecular complexity index is 489. The molecule has 1 aromatic rings. The molecule has 0 fully saturated rings. The van der Waals surface area contributed by atoms with E-state index in [0.717, 1.165) is 16.8 Å². The molecule has 0 saturated heterocycles. The van der Waals surface area contributed by atoms with Crippen LogP contribution in [0.5, 0.6) is 0 Å². The Morgan fingerprint density at radius 3 is 2.67 bits per heavy atom. The number of benzene rings is 1. The van der Waals surface area contributed by atoms with Crippen molar-refractivity contribution in [2.24, 2.45) is 5.92 Å². The van der Waals surface area contributed by atoms with Gasteiger partial charge in [-0.05, 0) is 35.1 Å². The van der Waals surface area contributed by atoms with Crippen molar-refractivity contribution in [3.8, 4) is 0 Å². The van der Waals surface area contributed by atoms with E-state index in [1.54, 1.807) is 0 Å². The summed E-state index contributed by atoms with van der Waals surface area (Å²) in [6.45, 7) is 11.4. The van der Waals surface area contributed by atoms with Crippen molar-refractivity contribution in [2.75, 3.05) is 11.2 Å². The number of carbonyl (C=O) groups excluding carboxylic acids is 1. The lowest BCUT2D eigenvalue weighted by Crippen LogP contribution is -2.22. The molecule has 0 saturated carbocycles. The molecule has 1 N–H and O–H groups in total. The zero-order chi connectivity index (χ0) is 16.0. The van der Waals surface area contributed by atoms with Crippen molar-refractivity contribution in [1.82, 2.24) is 0 Å². The molecule has 0 aliphatic heterocycles. The van der Waals surface area contributed by atoms with E-state index >= 15 is 0 Å². The van der Waals surface area contributed by atoms with E-state index in [0.29, 0.717) is 22.3 Å². The number of hydrogen-bond acceptors (Lipinski definition) is 2. The molecule has 0 heterocycles. The number of carbonyl (C=O) groups is 1. The van der Waals surface area contributed by atoms with Crippen LogP contribution >= 0.6 is 11.6 Å². The normalized spacial score (nSPS) is 11.8. The van der Waals surface area contributed by atoms with Crippen molar-refractivity contribution in [3.63, 3.8) is 0 Å². The Labute approximate surface area is 135 Å². The van der Waals surface area contributed by atoms with Crippen LogP contribution in [0.1, 0.15) is 38.8 Å². The summed E-state index contributed by atoms with van der Waals surface area (Å²) in [5.41, 5.74) is 2.92. The first kappa shape index (κ1) is 18.2. The molecule has 0 aliphatic carbocycles. The summed E-state index contributed by atoms with van der Waals surface area (Å²) in [5.74, 6) is 0.344. The summed E-state index contributed by atoms with van der Waals surface area (Å²) in [6.07, 6.45) is 0. The number of anilines is 1. The Morgan fingerprint density at radius 2 is 2.10 bits per heavy atom. The molecular formula is C16H24ClNO2Si. The number of alkyl halides is 1. The first-order valence-electron chi connectivity index (χ1n) is 7.11. The van der Waals surface area contributed by atoms with Gasteiger partial charge in [-0.25, -0.2) is 0 Å². The smallest absolute Gasteiger partial charge is 0.239 e. The molecule has 0 spiro atoms. The van der Waals surface area contributed by atoms with Gasteiger partial charge < -0.3 is 9.74 Å². The topological polar surface area (TPSA) is 38.3 Å². The fourth-order valence-electron chi connectivity index (χ4n) is 1.58. The minimum absolute atomic E-state index is 0.0376. The molecule has 1 aromatic carbocycles. The van der Waals surface area contributed by atoms with Gasteiger partial charge in [-0.3, -0.25) is 4.79 Å². The highest BCUT2D eigenvalue weighted by Crippen LogP contribution is 2.33. The second-order valence-corrected chi connectivity index (χ2v) is 8.09. The van der Waals surface area contributed by atoms with E-state index in [9.17, 15) is 4.79 Å². The van der Waals surface area contributed by atoms with Gasteiger partial charge in [0.05, 0.1) is 6.61 Å². The lowest BCUT2D eigenvalue weighted by atomic mass is 9.99. The lowest BCUT2D eigenvalue weighted by Gasteiger charge is -2.27. The summed E-state index contributed by atoms with van der Waals surface area (Å²) < 4.78 is 5.90. The molecule has 116 valence electrons. The van der Waals surface area contributed by atoms with Gasteiger partial charge in [0.25, 0.3) is 0 Å². The van der Waals surface area contributed by atoms with Gasteiger partial charge in [0.1, 0.15) is 5.88 Å². The Balaban J connectivity index is 2.68. The third-order valence-corrected chi connectivity index (χ3v) is 5.48. The predicted octanol–water partition coefficient (Wildman–Crippen LogP) is 4.16. The summed E-state index contributed by atoms with van der Waals surface area (Å²) in [7, 11) is 0.446. The first-order chi connectivity index (χ1) is 9.77. The maximum Gasteiger partial charge on any atom is 0.239 e. The molecule has 5 heteroatoms. The highest BCUT2D eigenvalue weighted by Gasteiger charge is 2.24. The molecule has 0 unspecified atom stereocenters. The number of hydrogen-bond donors (Lipinski definition) is 1. The largest absolute Gasteiger partial charge is 0.413 e. The van der Waals surface area contributed by atoms with Crippen molar-refractivity contribution >= 4 is 33.0 Å². The second kappa shape index (κ2) is 7.97. The van der Waals surface area contributed by atoms with Crippen LogP contribution in [-0.2, 0) is 15.8 Å². The van der Waals surface area contributed by atoms with Crippen LogP contribution in [0.25, 0.3) is 0 Å². The standard InChI is InChI=1S/C16H24ClNO2Si/c1-11(2)16(4,5)21-20-10-13-7-6-8-14(12(13)3)18-15(19)9-17/h6-8,11H,9-10H2,1-5H3,(H,18,19). The van der Waals surface area contributed by atoms with Crippen molar-refractivity contribution < 1.29 is 9.22 Å². The zero-order valence-corrected chi connectivity index (χ0v) is 15.2. The average molecular weight is 326 g/mol. The third-order valence-electron chi connectivity index (χ3n) is 3.85. The summed E-state index contributed by atoms with van der Waals surface area (Å²) in [4.78, 5) is 11.4. The first-order valence-corrected chi connectivity index (χ1v) is 8.55. The molecular weight excluding hydrogens is 302 g/mol. The Kier molecular flexibility index (Phi) is 6.91. The molecule has 3 nitrogen and oxygen atoms in total. The fraction of sp³-hybridized carbons (Fsp3) is 0.562. The van der Waals surface area contributed by atoms with Gasteiger partial charge in [-0.15, -0.1) is 11.6 Å². The molecule has 0 atom stereocenters. The molecule has 1 amide bonds. The van der Waals surface area contributed by atoms with Crippen LogP contribution in [0, 0.1) is 12.8 Å². The molecule has 0 aliphatic rings. The molecule has 0 bridgehead atoms. The van der Waals surface area contributed by atoms with Crippen LogP contribution in [0.4, 0.5) is 5.69 Å². The number of amides is 1. The lowest BCUT2D eigenvalue weighted by molar-refractivity contribution is -0.113. The maximum atomic E-state index is 11.4. The minimum Gasteiger partial charge on any atom is -0.413 e. The van der Waals surface area contributed by atoms with Crippen LogP contribution in [-0.4, -0.2) is 21.6 Å². The maximum absolute atomic E-state index is 11.4. The number of nitrogens with one attached hydrogen (secondary N) is 1. The van der Waals surface area contributed by atoms with E-state index in [1.807, 2.05) is 25.1 Å². The summed E-state index contributed by atoms with van der Waals surface area (Å²) in [6, 6.07) is 5.83. The van der Waals surface area contributed by atoms with Crippen molar-refractivity contribution in [1.29, 1.82) is 0 Å². The van der Waals surface area contributed by atoms with E-state index < -0.39 is 0 Å². The summed E-state index contributed by atoms with van der Waals surface area (Å²) >= 11 is 5.52. The van der Waals surface area contributed by atoms with Gasteiger partial charge in [0.15, 0.2) is 0 Å². The van der Waals surface area contributed by atoms with E-state index in [1.165, 1.54) is 0 Å². The second-order valence-electron chi connectivity index (χ2n) is 6.04. The van der Waals surface area contributed by atoms with Crippen molar-refractivity contribution in [2.45, 2.75) is 46.3 Å². The van der Waals surface area contributed by atoms with Gasteiger partial charge >= 0.3 is 0 Å². The van der Waals surface area contributed by atoms with Crippen LogP contribution in [0.3, 0.4) is 0 Å². The third kappa shape index (κ3) is 5.45. The fourth-order valence-corrected chi connectivity index (χ4v) is 2.48. The molecule has 0 aromatic heterocycles. The summed E-state index contributed by atoms with van der Waals surface area (Å²) in [5, 5.41) is 2.98. The van der Waals surface area contributed by atoms with E-state index in [4.69, 9.17) is 16.0 Å². The zero-order valence-electron chi connectivity index (χ0n) is 13.4. The number of halogens is 1.